The Balaban J connectivity index is 5.44. The number of nitrogens with two attached hydrogens (primary N) is 2. The van der Waals surface area contributed by atoms with Crippen molar-refractivity contribution in [1.82, 2.24) is 16.0 Å². The molecule has 0 aliphatic carbocycles. The van der Waals surface area contributed by atoms with E-state index in [4.69, 9.17) is 21.7 Å². The van der Waals surface area contributed by atoms with Crippen molar-refractivity contribution in [3.05, 3.63) is 0 Å². The second-order valence-corrected chi connectivity index (χ2v) is 7.16. The molecule has 0 saturated carbocycles. The molecule has 15 heteroatoms. The van der Waals surface area contributed by atoms with E-state index in [1.54, 1.807) is 0 Å². The van der Waals surface area contributed by atoms with Crippen LogP contribution in [0.2, 0.25) is 0 Å². The van der Waals surface area contributed by atoms with Gasteiger partial charge in [0.25, 0.3) is 0 Å². The molecule has 10 N–H and O–H groups in total. The van der Waals surface area contributed by atoms with Crippen molar-refractivity contribution in [2.45, 2.75) is 56.3 Å². The van der Waals surface area contributed by atoms with Gasteiger partial charge in [0, 0.05) is 5.75 Å². The maximum absolute atomic E-state index is 12.5. The number of thiol groups is 1. The smallest absolute Gasteiger partial charge is 0.326 e. The van der Waals surface area contributed by atoms with Crippen LogP contribution in [0.25, 0.3) is 0 Å². The van der Waals surface area contributed by atoms with E-state index in [1.165, 1.54) is 0 Å². The van der Waals surface area contributed by atoms with Crippen molar-refractivity contribution >= 4 is 48.3 Å². The van der Waals surface area contributed by atoms with Gasteiger partial charge in [-0.25, -0.2) is 4.79 Å². The fourth-order valence-electron chi connectivity index (χ4n) is 2.42. The van der Waals surface area contributed by atoms with Crippen LogP contribution in [0, 0.1) is 0 Å². The first kappa shape index (κ1) is 29.1. The number of hydrogen-bond donors (Lipinski definition) is 9. The van der Waals surface area contributed by atoms with Crippen LogP contribution in [-0.2, 0) is 28.8 Å². The molecule has 3 amide bonds. The zero-order valence-corrected chi connectivity index (χ0v) is 18.0. The summed E-state index contributed by atoms with van der Waals surface area (Å²) in [4.78, 5) is 70.4. The van der Waals surface area contributed by atoms with E-state index in [-0.39, 0.29) is 12.2 Å². The van der Waals surface area contributed by atoms with Crippen molar-refractivity contribution in [1.29, 1.82) is 0 Å². The summed E-state index contributed by atoms with van der Waals surface area (Å²) in [6.45, 7) is 0.311. The molecule has 0 rings (SSSR count). The Hall–Kier alpha value is -2.91. The lowest BCUT2D eigenvalue weighted by atomic mass is 10.1. The fourth-order valence-corrected chi connectivity index (χ4v) is 2.59. The molecule has 182 valence electrons. The molecular weight excluding hydrogens is 450 g/mol. The van der Waals surface area contributed by atoms with Crippen LogP contribution >= 0.6 is 12.6 Å². The Labute approximate surface area is 188 Å². The molecule has 0 fully saturated rings. The third-order valence-electron chi connectivity index (χ3n) is 4.12. The standard InChI is InChI=1S/C17H29N5O9S/c18-4-2-1-3-9(17(30)31)20-15(28)11(6-13(25)26)22-16(29)10(5-12(23)24)21-14(27)8(19)7-32/h8-11,32H,1-7,18-19H2,(H,20,28)(H,21,27)(H,22,29)(H,23,24)(H,25,26)(H,30,31). The monoisotopic (exact) mass is 479 g/mol. The maximum Gasteiger partial charge on any atom is 0.326 e. The summed E-state index contributed by atoms with van der Waals surface area (Å²) in [5.41, 5.74) is 10.8. The van der Waals surface area contributed by atoms with Gasteiger partial charge in [-0.1, -0.05) is 0 Å². The number of carboxylic acids is 3. The maximum atomic E-state index is 12.5. The van der Waals surface area contributed by atoms with Crippen LogP contribution in [0.3, 0.4) is 0 Å². The molecule has 0 heterocycles. The Morgan fingerprint density at radius 3 is 1.56 bits per heavy atom. The van der Waals surface area contributed by atoms with Crippen LogP contribution in [0.5, 0.6) is 0 Å². The number of hydrogen-bond acceptors (Lipinski definition) is 9. The van der Waals surface area contributed by atoms with Gasteiger partial charge in [-0.15, -0.1) is 0 Å². The molecule has 4 atom stereocenters. The second kappa shape index (κ2) is 15.0. The summed E-state index contributed by atoms with van der Waals surface area (Å²) in [5, 5.41) is 33.6. The van der Waals surface area contributed by atoms with Crippen molar-refractivity contribution in [2.75, 3.05) is 12.3 Å². The first-order valence-corrected chi connectivity index (χ1v) is 10.2. The number of carboxylic acid groups (broad SMARTS) is 3. The number of aliphatic carboxylic acids is 3. The molecule has 0 spiro atoms. The van der Waals surface area contributed by atoms with E-state index in [0.29, 0.717) is 19.4 Å². The van der Waals surface area contributed by atoms with E-state index >= 15 is 0 Å². The molecule has 0 aliphatic rings. The number of amides is 3. The zero-order valence-electron chi connectivity index (χ0n) is 17.2. The summed E-state index contributed by atoms with van der Waals surface area (Å²) in [6, 6.07) is -5.91. The largest absolute Gasteiger partial charge is 0.481 e. The first-order valence-electron chi connectivity index (χ1n) is 9.56. The Kier molecular flexibility index (Phi) is 13.6. The molecule has 14 nitrogen and oxygen atoms in total. The molecule has 0 aromatic heterocycles. The molecule has 32 heavy (non-hydrogen) atoms. The molecule has 0 aromatic rings. The summed E-state index contributed by atoms with van der Waals surface area (Å²) in [5.74, 6) is -7.57. The van der Waals surface area contributed by atoms with Crippen LogP contribution in [0.4, 0.5) is 0 Å². The molecule has 0 radical (unpaired) electrons. The SMILES string of the molecule is NCCCCC(NC(=O)C(CC(=O)O)NC(=O)C(CC(=O)O)NC(=O)C(N)CS)C(=O)O. The van der Waals surface area contributed by atoms with E-state index in [2.05, 4.69) is 23.3 Å². The van der Waals surface area contributed by atoms with Crippen molar-refractivity contribution in [2.24, 2.45) is 11.5 Å². The third-order valence-corrected chi connectivity index (χ3v) is 4.51. The van der Waals surface area contributed by atoms with Gasteiger partial charge in [0.15, 0.2) is 0 Å². The minimum atomic E-state index is -1.73. The molecule has 0 aliphatic heterocycles. The molecule has 0 aromatic carbocycles. The Bertz CT molecular complexity index is 706. The fraction of sp³-hybridized carbons (Fsp3) is 0.647. The van der Waals surface area contributed by atoms with E-state index < -0.39 is 72.6 Å². The average molecular weight is 480 g/mol. The minimum absolute atomic E-state index is 0.0192. The second-order valence-electron chi connectivity index (χ2n) is 6.79. The normalized spacial score (nSPS) is 14.3. The van der Waals surface area contributed by atoms with Gasteiger partial charge in [-0.2, -0.15) is 12.6 Å². The van der Waals surface area contributed by atoms with Crippen molar-refractivity contribution < 1.29 is 44.1 Å². The van der Waals surface area contributed by atoms with Gasteiger partial charge in [-0.3, -0.25) is 24.0 Å². The summed E-state index contributed by atoms with van der Waals surface area (Å²) >= 11 is 3.82. The van der Waals surface area contributed by atoms with E-state index in [1.807, 2.05) is 5.32 Å². The highest BCUT2D eigenvalue weighted by Crippen LogP contribution is 2.04. The highest BCUT2D eigenvalue weighted by molar-refractivity contribution is 7.80. The first-order chi connectivity index (χ1) is 14.9. The number of nitrogens with one attached hydrogen (secondary N) is 3. The van der Waals surface area contributed by atoms with Crippen LogP contribution < -0.4 is 27.4 Å². The lowest BCUT2D eigenvalue weighted by molar-refractivity contribution is -0.145. The zero-order chi connectivity index (χ0) is 24.8. The molecule has 0 saturated heterocycles. The lowest BCUT2D eigenvalue weighted by Gasteiger charge is -2.23. The Morgan fingerprint density at radius 1 is 0.750 bits per heavy atom. The predicted molar refractivity (Wildman–Crippen MR) is 113 cm³/mol. The van der Waals surface area contributed by atoms with Gasteiger partial charge in [0.2, 0.25) is 17.7 Å². The quantitative estimate of drug-likeness (QED) is 0.0789. The van der Waals surface area contributed by atoms with Crippen molar-refractivity contribution in [3.63, 3.8) is 0 Å². The topological polar surface area (TPSA) is 251 Å². The number of carbonyl (C=O) groups is 6. The highest BCUT2D eigenvalue weighted by atomic mass is 32.1. The summed E-state index contributed by atoms with van der Waals surface area (Å²) in [7, 11) is 0. The number of rotatable bonds is 16. The average Bonchev–Trinajstić information content (AvgIpc) is 2.70. The summed E-state index contributed by atoms with van der Waals surface area (Å²) in [6.07, 6.45) is -0.904. The lowest BCUT2D eigenvalue weighted by Crippen LogP contribution is -2.58. The minimum Gasteiger partial charge on any atom is -0.481 e. The Morgan fingerprint density at radius 2 is 1.19 bits per heavy atom. The molecule has 0 bridgehead atoms. The van der Waals surface area contributed by atoms with Crippen molar-refractivity contribution in [3.8, 4) is 0 Å². The molecule has 4 unspecified atom stereocenters. The van der Waals surface area contributed by atoms with Gasteiger partial charge in [-0.05, 0) is 25.8 Å². The van der Waals surface area contributed by atoms with Crippen LogP contribution in [0.1, 0.15) is 32.1 Å². The number of carbonyl (C=O) groups excluding carboxylic acids is 3. The van der Waals surface area contributed by atoms with Crippen LogP contribution in [-0.4, -0.2) is 87.4 Å². The van der Waals surface area contributed by atoms with Gasteiger partial charge >= 0.3 is 17.9 Å². The van der Waals surface area contributed by atoms with Gasteiger partial charge < -0.3 is 42.7 Å². The van der Waals surface area contributed by atoms with Gasteiger partial charge in [0.1, 0.15) is 18.1 Å². The predicted octanol–water partition coefficient (Wildman–Crippen LogP) is -3.14. The summed E-state index contributed by atoms with van der Waals surface area (Å²) < 4.78 is 0. The van der Waals surface area contributed by atoms with Crippen LogP contribution in [0.15, 0.2) is 0 Å². The van der Waals surface area contributed by atoms with E-state index in [9.17, 15) is 33.9 Å². The number of unbranched alkanes of at least 4 members (excludes halogenated alkanes) is 1. The molecular formula is C17H29N5O9S. The van der Waals surface area contributed by atoms with E-state index in [0.717, 1.165) is 0 Å². The van der Waals surface area contributed by atoms with Gasteiger partial charge in [0.05, 0.1) is 18.9 Å². The highest BCUT2D eigenvalue weighted by Gasteiger charge is 2.32. The third kappa shape index (κ3) is 11.5.